The van der Waals surface area contributed by atoms with Crippen LogP contribution < -0.4 is 5.32 Å². The van der Waals surface area contributed by atoms with Crippen LogP contribution in [0.15, 0.2) is 11.4 Å². The molecule has 0 radical (unpaired) electrons. The van der Waals surface area contributed by atoms with E-state index in [1.165, 1.54) is 11.3 Å². The van der Waals surface area contributed by atoms with Crippen LogP contribution in [0.25, 0.3) is 0 Å². The van der Waals surface area contributed by atoms with E-state index in [-0.39, 0.29) is 18.1 Å². The second-order valence-corrected chi connectivity index (χ2v) is 5.66. The van der Waals surface area contributed by atoms with Crippen molar-refractivity contribution in [2.75, 3.05) is 25.0 Å². The molecule has 1 aromatic heterocycles. The Morgan fingerprint density at radius 1 is 1.68 bits per heavy atom. The lowest BCUT2D eigenvalue weighted by atomic mass is 10.2. The van der Waals surface area contributed by atoms with Crippen molar-refractivity contribution in [3.8, 4) is 6.07 Å². The molecular formula is C13H17N3O2S. The maximum atomic E-state index is 12.0. The Bertz CT molecular complexity index is 494. The van der Waals surface area contributed by atoms with Crippen molar-refractivity contribution in [3.05, 3.63) is 17.0 Å². The van der Waals surface area contributed by atoms with E-state index in [0.717, 1.165) is 6.54 Å². The van der Waals surface area contributed by atoms with E-state index in [4.69, 9.17) is 10.00 Å². The first-order valence-electron chi connectivity index (χ1n) is 6.23. The number of ether oxygens (including phenoxy) is 1. The van der Waals surface area contributed by atoms with Gasteiger partial charge in [-0.25, -0.2) is 0 Å². The summed E-state index contributed by atoms with van der Waals surface area (Å²) >= 11 is 1.37. The summed E-state index contributed by atoms with van der Waals surface area (Å²) < 4.78 is 5.53. The smallest absolute Gasteiger partial charge is 0.239 e. The third kappa shape index (κ3) is 3.53. The Morgan fingerprint density at radius 2 is 2.47 bits per heavy atom. The van der Waals surface area contributed by atoms with E-state index < -0.39 is 0 Å². The van der Waals surface area contributed by atoms with Gasteiger partial charge in [0, 0.05) is 12.6 Å². The summed E-state index contributed by atoms with van der Waals surface area (Å²) in [5.74, 6) is -0.0834. The number of anilines is 1. The summed E-state index contributed by atoms with van der Waals surface area (Å²) in [6, 6.07) is 4.01. The van der Waals surface area contributed by atoms with E-state index in [1.807, 2.05) is 13.8 Å². The molecule has 0 aromatic carbocycles. The van der Waals surface area contributed by atoms with Crippen LogP contribution in [0.5, 0.6) is 0 Å². The average molecular weight is 279 g/mol. The highest BCUT2D eigenvalue weighted by molar-refractivity contribution is 7.14. The standard InChI is InChI=1S/C13H17N3O2S/c1-9-8-18-10(2)6-16(9)7-12(17)15-13-11(5-14)3-4-19-13/h3-4,9-10H,6-8H2,1-2H3,(H,15,17)/t9-,10-/m0/s1. The predicted octanol–water partition coefficient (Wildman–Crippen LogP) is 1.67. The second kappa shape index (κ2) is 6.15. The number of rotatable bonds is 3. The molecule has 1 amide bonds. The Morgan fingerprint density at radius 3 is 3.21 bits per heavy atom. The Hall–Kier alpha value is -1.42. The largest absolute Gasteiger partial charge is 0.376 e. The van der Waals surface area contributed by atoms with Gasteiger partial charge in [-0.3, -0.25) is 9.69 Å². The summed E-state index contributed by atoms with van der Waals surface area (Å²) in [6.07, 6.45) is 0.153. The second-order valence-electron chi connectivity index (χ2n) is 4.75. The van der Waals surface area contributed by atoms with E-state index in [1.54, 1.807) is 11.4 Å². The average Bonchev–Trinajstić information content (AvgIpc) is 2.81. The van der Waals surface area contributed by atoms with Gasteiger partial charge in [0.15, 0.2) is 0 Å². The zero-order chi connectivity index (χ0) is 13.8. The summed E-state index contributed by atoms with van der Waals surface area (Å²) in [4.78, 5) is 14.1. The third-order valence-electron chi connectivity index (χ3n) is 3.12. The maximum absolute atomic E-state index is 12.0. The molecule has 6 heteroatoms. The fraction of sp³-hybridized carbons (Fsp3) is 0.538. The molecule has 1 aromatic rings. The Balaban J connectivity index is 1.92. The van der Waals surface area contributed by atoms with Crippen LogP contribution in [0.3, 0.4) is 0 Å². The number of nitriles is 1. The normalized spacial score (nSPS) is 23.8. The first-order chi connectivity index (χ1) is 9.10. The highest BCUT2D eigenvalue weighted by Gasteiger charge is 2.25. The number of hydrogen-bond donors (Lipinski definition) is 1. The molecule has 2 heterocycles. The molecule has 1 aliphatic heterocycles. The summed E-state index contributed by atoms with van der Waals surface area (Å²) in [5, 5.41) is 14.1. The summed E-state index contributed by atoms with van der Waals surface area (Å²) in [6.45, 7) is 5.79. The Labute approximate surface area is 116 Å². The van der Waals surface area contributed by atoms with Gasteiger partial charge in [-0.15, -0.1) is 11.3 Å². The maximum Gasteiger partial charge on any atom is 0.239 e. The molecule has 1 saturated heterocycles. The van der Waals surface area contributed by atoms with Crippen molar-refractivity contribution in [1.29, 1.82) is 5.26 Å². The lowest BCUT2D eigenvalue weighted by Gasteiger charge is -2.36. The van der Waals surface area contributed by atoms with Gasteiger partial charge in [0.2, 0.25) is 5.91 Å². The number of thiophene rings is 1. The molecule has 0 spiro atoms. The van der Waals surface area contributed by atoms with Crippen molar-refractivity contribution < 1.29 is 9.53 Å². The van der Waals surface area contributed by atoms with Crippen molar-refractivity contribution in [3.63, 3.8) is 0 Å². The highest BCUT2D eigenvalue weighted by Crippen LogP contribution is 2.22. The van der Waals surface area contributed by atoms with Gasteiger partial charge in [-0.2, -0.15) is 5.26 Å². The number of nitrogens with one attached hydrogen (secondary N) is 1. The van der Waals surface area contributed by atoms with E-state index >= 15 is 0 Å². The van der Waals surface area contributed by atoms with Crippen molar-refractivity contribution in [2.45, 2.75) is 26.0 Å². The molecule has 102 valence electrons. The molecule has 5 nitrogen and oxygen atoms in total. The van der Waals surface area contributed by atoms with Crippen LogP contribution in [0.1, 0.15) is 19.4 Å². The van der Waals surface area contributed by atoms with Gasteiger partial charge in [0.1, 0.15) is 11.1 Å². The minimum Gasteiger partial charge on any atom is -0.376 e. The third-order valence-corrected chi connectivity index (χ3v) is 3.95. The fourth-order valence-electron chi connectivity index (χ4n) is 2.04. The van der Waals surface area contributed by atoms with Crippen LogP contribution in [-0.2, 0) is 9.53 Å². The van der Waals surface area contributed by atoms with Crippen molar-refractivity contribution >= 4 is 22.2 Å². The summed E-state index contributed by atoms with van der Waals surface area (Å²) in [5.41, 5.74) is 0.516. The minimum absolute atomic E-state index is 0.0834. The number of carbonyl (C=O) groups excluding carboxylic acids is 1. The molecule has 0 unspecified atom stereocenters. The van der Waals surface area contributed by atoms with Crippen LogP contribution >= 0.6 is 11.3 Å². The molecule has 2 rings (SSSR count). The number of morpholine rings is 1. The zero-order valence-electron chi connectivity index (χ0n) is 11.0. The Kier molecular flexibility index (Phi) is 4.53. The van der Waals surface area contributed by atoms with Gasteiger partial charge in [0.25, 0.3) is 0 Å². The molecule has 19 heavy (non-hydrogen) atoms. The van der Waals surface area contributed by atoms with E-state index in [2.05, 4.69) is 16.3 Å². The van der Waals surface area contributed by atoms with Gasteiger partial charge < -0.3 is 10.1 Å². The summed E-state index contributed by atoms with van der Waals surface area (Å²) in [7, 11) is 0. The van der Waals surface area contributed by atoms with Crippen molar-refractivity contribution in [2.24, 2.45) is 0 Å². The zero-order valence-corrected chi connectivity index (χ0v) is 11.9. The predicted molar refractivity (Wildman–Crippen MR) is 74.1 cm³/mol. The van der Waals surface area contributed by atoms with Crippen LogP contribution in [0, 0.1) is 11.3 Å². The molecule has 1 aliphatic rings. The van der Waals surface area contributed by atoms with Crippen LogP contribution in [0.2, 0.25) is 0 Å². The number of carbonyl (C=O) groups is 1. The first kappa shape index (κ1) is 14.0. The van der Waals surface area contributed by atoms with E-state index in [0.29, 0.717) is 23.7 Å². The molecule has 1 N–H and O–H groups in total. The van der Waals surface area contributed by atoms with Crippen LogP contribution in [-0.4, -0.2) is 42.6 Å². The van der Waals surface area contributed by atoms with Gasteiger partial charge in [-0.05, 0) is 25.3 Å². The van der Waals surface area contributed by atoms with Gasteiger partial charge >= 0.3 is 0 Å². The van der Waals surface area contributed by atoms with E-state index in [9.17, 15) is 4.79 Å². The lowest BCUT2D eigenvalue weighted by Crippen LogP contribution is -2.50. The molecular weight excluding hydrogens is 262 g/mol. The van der Waals surface area contributed by atoms with Gasteiger partial charge in [0.05, 0.1) is 24.8 Å². The van der Waals surface area contributed by atoms with Crippen LogP contribution in [0.4, 0.5) is 5.00 Å². The topological polar surface area (TPSA) is 65.4 Å². The lowest BCUT2D eigenvalue weighted by molar-refractivity contribution is -0.121. The molecule has 0 bridgehead atoms. The molecule has 1 fully saturated rings. The number of nitrogens with zero attached hydrogens (tertiary/aromatic N) is 2. The SMILES string of the molecule is C[C@H]1CN(CC(=O)Nc2sccc2C#N)[C@@H](C)CO1. The monoisotopic (exact) mass is 279 g/mol. The number of hydrogen-bond acceptors (Lipinski definition) is 5. The first-order valence-corrected chi connectivity index (χ1v) is 7.11. The fourth-order valence-corrected chi connectivity index (χ4v) is 2.79. The quantitative estimate of drug-likeness (QED) is 0.914. The number of amides is 1. The molecule has 2 atom stereocenters. The molecule has 0 aliphatic carbocycles. The van der Waals surface area contributed by atoms with Gasteiger partial charge in [-0.1, -0.05) is 0 Å². The molecule has 0 saturated carbocycles. The minimum atomic E-state index is -0.0834. The highest BCUT2D eigenvalue weighted by atomic mass is 32.1. The van der Waals surface area contributed by atoms with Crippen molar-refractivity contribution in [1.82, 2.24) is 4.90 Å².